The molecule has 0 saturated heterocycles. The molecule has 2 aromatic heterocycles. The maximum atomic E-state index is 11.2. The predicted octanol–water partition coefficient (Wildman–Crippen LogP) is 4.07. The van der Waals surface area contributed by atoms with Crippen LogP contribution in [0.2, 0.25) is 5.02 Å². The third-order valence-corrected chi connectivity index (χ3v) is 3.66. The lowest BCUT2D eigenvalue weighted by molar-refractivity contribution is 0.112. The number of rotatable bonds is 3. The summed E-state index contributed by atoms with van der Waals surface area (Å²) in [6.45, 7) is 0. The fourth-order valence-electron chi connectivity index (χ4n) is 1.85. The number of halogens is 1. The van der Waals surface area contributed by atoms with E-state index in [9.17, 15) is 4.79 Å². The van der Waals surface area contributed by atoms with E-state index >= 15 is 0 Å². The van der Waals surface area contributed by atoms with Crippen LogP contribution in [0, 0.1) is 0 Å². The van der Waals surface area contributed by atoms with Crippen LogP contribution in [0.15, 0.2) is 47.3 Å². The minimum absolute atomic E-state index is 0.568. The number of nitrogens with zero attached hydrogens (tertiary/aromatic N) is 2. The van der Waals surface area contributed by atoms with Gasteiger partial charge in [0, 0.05) is 22.2 Å². The highest BCUT2D eigenvalue weighted by atomic mass is 35.5. The largest absolute Gasteiger partial charge is 0.298 e. The molecule has 0 bridgehead atoms. The summed E-state index contributed by atoms with van der Waals surface area (Å²) in [5.41, 5.74) is 3.04. The van der Waals surface area contributed by atoms with Gasteiger partial charge in [0.25, 0.3) is 0 Å². The van der Waals surface area contributed by atoms with E-state index in [1.807, 2.05) is 29.0 Å². The van der Waals surface area contributed by atoms with Gasteiger partial charge in [0.2, 0.25) is 0 Å². The molecule has 1 aromatic carbocycles. The molecule has 0 aliphatic carbocycles. The van der Waals surface area contributed by atoms with Crippen molar-refractivity contribution in [3.63, 3.8) is 0 Å². The fraction of sp³-hybridized carbons (Fsp3) is 0. The van der Waals surface area contributed by atoms with Crippen molar-refractivity contribution in [3.05, 3.63) is 57.9 Å². The minimum Gasteiger partial charge on any atom is -0.298 e. The highest BCUT2D eigenvalue weighted by Crippen LogP contribution is 2.25. The number of hydrogen-bond donors (Lipinski definition) is 0. The fourth-order valence-corrected chi connectivity index (χ4v) is 2.67. The first-order valence-corrected chi connectivity index (χ1v) is 6.93. The molecule has 3 nitrogen and oxygen atoms in total. The van der Waals surface area contributed by atoms with Crippen molar-refractivity contribution in [2.75, 3.05) is 0 Å². The van der Waals surface area contributed by atoms with Crippen LogP contribution < -0.4 is 0 Å². The predicted molar refractivity (Wildman–Crippen MR) is 77.3 cm³/mol. The lowest BCUT2D eigenvalue weighted by atomic mass is 10.2. The average Bonchev–Trinajstić information content (AvgIpc) is 3.07. The number of carbonyl (C=O) groups is 1. The van der Waals surface area contributed by atoms with Gasteiger partial charge < -0.3 is 0 Å². The zero-order valence-electron chi connectivity index (χ0n) is 9.79. The minimum atomic E-state index is 0.568. The molecule has 5 heteroatoms. The Morgan fingerprint density at radius 2 is 2.21 bits per heavy atom. The van der Waals surface area contributed by atoms with Gasteiger partial charge >= 0.3 is 0 Å². The molecule has 0 atom stereocenters. The SMILES string of the molecule is O=Cc1cn(-c2cccc(Cl)c2)nc1-c1ccsc1. The van der Waals surface area contributed by atoms with Crippen molar-refractivity contribution >= 4 is 29.2 Å². The summed E-state index contributed by atoms with van der Waals surface area (Å²) in [6.07, 6.45) is 2.53. The molecule has 0 spiro atoms. The summed E-state index contributed by atoms with van der Waals surface area (Å²) < 4.78 is 1.67. The van der Waals surface area contributed by atoms with Crippen LogP contribution in [0.5, 0.6) is 0 Å². The highest BCUT2D eigenvalue weighted by molar-refractivity contribution is 7.08. The maximum absolute atomic E-state index is 11.2. The molecule has 3 rings (SSSR count). The Labute approximate surface area is 119 Å². The summed E-state index contributed by atoms with van der Waals surface area (Å²) in [4.78, 5) is 11.2. The van der Waals surface area contributed by atoms with Gasteiger partial charge in [-0.05, 0) is 29.6 Å². The van der Waals surface area contributed by atoms with Gasteiger partial charge in [0.1, 0.15) is 5.69 Å². The first kappa shape index (κ1) is 12.1. The van der Waals surface area contributed by atoms with Crippen molar-refractivity contribution < 1.29 is 4.79 Å². The van der Waals surface area contributed by atoms with Crippen molar-refractivity contribution in [1.29, 1.82) is 0 Å². The molecule has 2 heterocycles. The van der Waals surface area contributed by atoms with Gasteiger partial charge in [-0.15, -0.1) is 0 Å². The topological polar surface area (TPSA) is 34.9 Å². The summed E-state index contributed by atoms with van der Waals surface area (Å²) in [7, 11) is 0. The van der Waals surface area contributed by atoms with Crippen LogP contribution in [0.4, 0.5) is 0 Å². The van der Waals surface area contributed by atoms with Crippen molar-refractivity contribution in [1.82, 2.24) is 9.78 Å². The molecule has 0 fully saturated rings. The van der Waals surface area contributed by atoms with E-state index in [2.05, 4.69) is 5.10 Å². The average molecular weight is 289 g/mol. The lowest BCUT2D eigenvalue weighted by Crippen LogP contribution is -1.94. The highest BCUT2D eigenvalue weighted by Gasteiger charge is 2.12. The van der Waals surface area contributed by atoms with Crippen LogP contribution in [-0.2, 0) is 0 Å². The lowest BCUT2D eigenvalue weighted by Gasteiger charge is -2.00. The van der Waals surface area contributed by atoms with E-state index < -0.39 is 0 Å². The molecule has 3 aromatic rings. The zero-order chi connectivity index (χ0) is 13.2. The second-order valence-corrected chi connectivity index (χ2v) is 5.20. The zero-order valence-corrected chi connectivity index (χ0v) is 11.4. The molecule has 94 valence electrons. The third-order valence-electron chi connectivity index (χ3n) is 2.74. The maximum Gasteiger partial charge on any atom is 0.153 e. The molecule has 0 aliphatic rings. The number of benzene rings is 1. The second-order valence-electron chi connectivity index (χ2n) is 3.99. The molecule has 0 saturated carbocycles. The molecule has 0 radical (unpaired) electrons. The van der Waals surface area contributed by atoms with Gasteiger partial charge in [0.05, 0.1) is 11.3 Å². The van der Waals surface area contributed by atoms with Crippen molar-refractivity contribution in [2.24, 2.45) is 0 Å². The van der Waals surface area contributed by atoms with Crippen LogP contribution in [0.3, 0.4) is 0 Å². The molecular weight excluding hydrogens is 280 g/mol. The Morgan fingerprint density at radius 3 is 2.89 bits per heavy atom. The molecule has 19 heavy (non-hydrogen) atoms. The van der Waals surface area contributed by atoms with Crippen LogP contribution in [0.1, 0.15) is 10.4 Å². The van der Waals surface area contributed by atoms with Gasteiger partial charge in [-0.25, -0.2) is 4.68 Å². The molecular formula is C14H9ClN2OS. The van der Waals surface area contributed by atoms with E-state index in [0.29, 0.717) is 16.3 Å². The number of aromatic nitrogens is 2. The first-order chi connectivity index (χ1) is 9.28. The smallest absolute Gasteiger partial charge is 0.153 e. The quantitative estimate of drug-likeness (QED) is 0.681. The number of carbonyl (C=O) groups excluding carboxylic acids is 1. The Hall–Kier alpha value is -1.91. The summed E-state index contributed by atoms with van der Waals surface area (Å²) >= 11 is 7.54. The Morgan fingerprint density at radius 1 is 1.32 bits per heavy atom. The summed E-state index contributed by atoms with van der Waals surface area (Å²) in [6, 6.07) is 9.30. The van der Waals surface area contributed by atoms with Gasteiger partial charge in [-0.2, -0.15) is 16.4 Å². The summed E-state index contributed by atoms with van der Waals surface area (Å²) in [5, 5.41) is 9.04. The number of hydrogen-bond acceptors (Lipinski definition) is 3. The summed E-state index contributed by atoms with van der Waals surface area (Å²) in [5.74, 6) is 0. The van der Waals surface area contributed by atoms with Gasteiger partial charge in [-0.1, -0.05) is 17.7 Å². The van der Waals surface area contributed by atoms with Crippen molar-refractivity contribution in [3.8, 4) is 16.9 Å². The van der Waals surface area contributed by atoms with E-state index in [1.165, 1.54) is 0 Å². The number of thiophene rings is 1. The standard InChI is InChI=1S/C14H9ClN2OS/c15-12-2-1-3-13(6-12)17-7-11(8-18)14(16-17)10-4-5-19-9-10/h1-9H. The van der Waals surface area contributed by atoms with Crippen LogP contribution >= 0.6 is 22.9 Å². The van der Waals surface area contributed by atoms with Gasteiger partial charge in [0.15, 0.2) is 6.29 Å². The van der Waals surface area contributed by atoms with E-state index in [1.54, 1.807) is 34.3 Å². The molecule has 0 aliphatic heterocycles. The van der Waals surface area contributed by atoms with Gasteiger partial charge in [-0.3, -0.25) is 4.79 Å². The Kier molecular flexibility index (Phi) is 3.19. The van der Waals surface area contributed by atoms with E-state index in [-0.39, 0.29) is 0 Å². The third kappa shape index (κ3) is 2.32. The van der Waals surface area contributed by atoms with Crippen molar-refractivity contribution in [2.45, 2.75) is 0 Å². The normalized spacial score (nSPS) is 10.6. The molecule has 0 N–H and O–H groups in total. The monoisotopic (exact) mass is 288 g/mol. The van der Waals surface area contributed by atoms with Crippen LogP contribution in [-0.4, -0.2) is 16.1 Å². The molecule has 0 unspecified atom stereocenters. The molecule has 0 amide bonds. The van der Waals surface area contributed by atoms with Crippen LogP contribution in [0.25, 0.3) is 16.9 Å². The van der Waals surface area contributed by atoms with E-state index in [0.717, 1.165) is 17.5 Å². The van der Waals surface area contributed by atoms with E-state index in [4.69, 9.17) is 11.6 Å². The Bertz CT molecular complexity index is 719. The Balaban J connectivity index is 2.12. The first-order valence-electron chi connectivity index (χ1n) is 5.61. The second kappa shape index (κ2) is 4.99. The number of aldehydes is 1.